The minimum absolute atomic E-state index is 0.131. The second-order valence-corrected chi connectivity index (χ2v) is 5.52. The first kappa shape index (κ1) is 17.6. The van der Waals surface area contributed by atoms with E-state index in [2.05, 4.69) is 5.32 Å². The molecule has 1 aromatic rings. The molecule has 0 atom stereocenters. The highest BCUT2D eigenvalue weighted by molar-refractivity contribution is 5.95. The van der Waals surface area contributed by atoms with E-state index in [1.165, 1.54) is 6.92 Å². The number of aryl methyl sites for hydroxylation is 1. The third-order valence-corrected chi connectivity index (χ3v) is 3.83. The third-order valence-electron chi connectivity index (χ3n) is 3.83. The summed E-state index contributed by atoms with van der Waals surface area (Å²) in [7, 11) is 0. The van der Waals surface area contributed by atoms with E-state index in [-0.39, 0.29) is 23.7 Å². The molecule has 0 saturated heterocycles. The summed E-state index contributed by atoms with van der Waals surface area (Å²) in [5.41, 5.74) is 5.15. The van der Waals surface area contributed by atoms with E-state index < -0.39 is 17.0 Å². The Labute approximate surface area is 124 Å². The molecule has 0 aliphatic heterocycles. The predicted molar refractivity (Wildman–Crippen MR) is 81.0 cm³/mol. The lowest BCUT2D eigenvalue weighted by atomic mass is 9.78. The van der Waals surface area contributed by atoms with Gasteiger partial charge in [0, 0.05) is 12.6 Å². The Morgan fingerprint density at radius 1 is 1.19 bits per heavy atom. The quantitative estimate of drug-likeness (QED) is 0.805. The van der Waals surface area contributed by atoms with Gasteiger partial charge in [-0.1, -0.05) is 26.7 Å². The Morgan fingerprint density at radius 3 is 2.24 bits per heavy atom. The number of rotatable bonds is 7. The highest BCUT2D eigenvalue weighted by Gasteiger charge is 2.35. The van der Waals surface area contributed by atoms with E-state index in [1.54, 1.807) is 0 Å². The molecular formula is C16H24F2N2O. The number of anilines is 1. The maximum absolute atomic E-state index is 13.8. The van der Waals surface area contributed by atoms with Crippen LogP contribution >= 0.6 is 0 Å². The van der Waals surface area contributed by atoms with Crippen LogP contribution in [0.25, 0.3) is 0 Å². The first-order valence-corrected chi connectivity index (χ1v) is 7.37. The van der Waals surface area contributed by atoms with Gasteiger partial charge in [-0.15, -0.1) is 0 Å². The molecule has 0 fully saturated rings. The molecule has 0 spiro atoms. The molecule has 0 aromatic heterocycles. The van der Waals surface area contributed by atoms with Gasteiger partial charge in [0.05, 0.1) is 11.1 Å². The lowest BCUT2D eigenvalue weighted by molar-refractivity contribution is -0.126. The van der Waals surface area contributed by atoms with Crippen molar-refractivity contribution >= 4 is 11.6 Å². The van der Waals surface area contributed by atoms with E-state index in [9.17, 15) is 13.6 Å². The van der Waals surface area contributed by atoms with Crippen LogP contribution in [-0.4, -0.2) is 12.5 Å². The van der Waals surface area contributed by atoms with Crippen molar-refractivity contribution < 1.29 is 13.6 Å². The Morgan fingerprint density at radius 2 is 1.76 bits per heavy atom. The third kappa shape index (κ3) is 4.00. The summed E-state index contributed by atoms with van der Waals surface area (Å²) < 4.78 is 27.4. The van der Waals surface area contributed by atoms with E-state index >= 15 is 0 Å². The average Bonchev–Trinajstić information content (AvgIpc) is 2.44. The molecule has 0 heterocycles. The van der Waals surface area contributed by atoms with Crippen LogP contribution in [0.15, 0.2) is 12.1 Å². The molecular weight excluding hydrogens is 274 g/mol. The van der Waals surface area contributed by atoms with Crippen LogP contribution in [0.4, 0.5) is 14.5 Å². The summed E-state index contributed by atoms with van der Waals surface area (Å²) in [4.78, 5) is 12.5. The highest BCUT2D eigenvalue weighted by atomic mass is 19.1. The van der Waals surface area contributed by atoms with Crippen molar-refractivity contribution in [3.8, 4) is 0 Å². The van der Waals surface area contributed by atoms with Crippen molar-refractivity contribution in [2.24, 2.45) is 11.1 Å². The number of carbonyl (C=O) groups excluding carboxylic acids is 1. The van der Waals surface area contributed by atoms with Gasteiger partial charge in [-0.3, -0.25) is 4.79 Å². The van der Waals surface area contributed by atoms with Crippen LogP contribution in [0.5, 0.6) is 0 Å². The molecule has 1 aromatic carbocycles. The normalized spacial score (nSPS) is 11.5. The molecule has 21 heavy (non-hydrogen) atoms. The Bertz CT molecular complexity index is 497. The van der Waals surface area contributed by atoms with Crippen molar-refractivity contribution in [3.63, 3.8) is 0 Å². The molecule has 0 aliphatic rings. The number of hydrogen-bond acceptors (Lipinski definition) is 2. The van der Waals surface area contributed by atoms with Crippen molar-refractivity contribution in [3.05, 3.63) is 29.3 Å². The van der Waals surface area contributed by atoms with Gasteiger partial charge in [-0.25, -0.2) is 8.78 Å². The van der Waals surface area contributed by atoms with Crippen LogP contribution in [0.2, 0.25) is 0 Å². The maximum atomic E-state index is 13.8. The summed E-state index contributed by atoms with van der Waals surface area (Å²) >= 11 is 0. The standard InChI is InChI=1S/C16H24F2N2O/c1-4-6-16(10-19,7-5-2)15(21)20-14-9-12(17)11(3)8-13(14)18/h8-9H,4-7,10,19H2,1-3H3,(H,20,21). The first-order chi connectivity index (χ1) is 9.90. The lowest BCUT2D eigenvalue weighted by Crippen LogP contribution is -2.42. The molecule has 0 aliphatic carbocycles. The summed E-state index contributed by atoms with van der Waals surface area (Å²) in [6, 6.07) is 2.09. The summed E-state index contributed by atoms with van der Waals surface area (Å²) in [6.45, 7) is 5.61. The molecule has 0 bridgehead atoms. The number of amides is 1. The zero-order valence-electron chi connectivity index (χ0n) is 12.9. The van der Waals surface area contributed by atoms with Crippen LogP contribution in [0.1, 0.15) is 45.1 Å². The highest BCUT2D eigenvalue weighted by Crippen LogP contribution is 2.31. The van der Waals surface area contributed by atoms with Gasteiger partial charge in [-0.2, -0.15) is 0 Å². The SMILES string of the molecule is CCCC(CN)(CCC)C(=O)Nc1cc(F)c(C)cc1F. The van der Waals surface area contributed by atoms with Crippen molar-refractivity contribution in [2.75, 3.05) is 11.9 Å². The van der Waals surface area contributed by atoms with Gasteiger partial charge in [0.25, 0.3) is 0 Å². The van der Waals surface area contributed by atoms with E-state index in [4.69, 9.17) is 5.73 Å². The van der Waals surface area contributed by atoms with E-state index in [1.807, 2.05) is 13.8 Å². The minimum atomic E-state index is -0.725. The Kier molecular flexibility index (Phi) is 6.27. The zero-order chi connectivity index (χ0) is 16.0. The summed E-state index contributed by atoms with van der Waals surface area (Å²) in [6.07, 6.45) is 2.85. The topological polar surface area (TPSA) is 55.1 Å². The molecule has 0 radical (unpaired) electrons. The second kappa shape index (κ2) is 7.50. The van der Waals surface area contributed by atoms with Crippen LogP contribution in [0, 0.1) is 24.0 Å². The van der Waals surface area contributed by atoms with Gasteiger partial charge >= 0.3 is 0 Å². The number of benzene rings is 1. The van der Waals surface area contributed by atoms with Gasteiger partial charge in [-0.05, 0) is 31.4 Å². The smallest absolute Gasteiger partial charge is 0.231 e. The zero-order valence-corrected chi connectivity index (χ0v) is 12.9. The fourth-order valence-electron chi connectivity index (χ4n) is 2.60. The lowest BCUT2D eigenvalue weighted by Gasteiger charge is -2.30. The Hall–Kier alpha value is -1.49. The summed E-state index contributed by atoms with van der Waals surface area (Å²) in [5.74, 6) is -1.52. The van der Waals surface area contributed by atoms with E-state index in [0.29, 0.717) is 12.8 Å². The molecule has 3 N–H and O–H groups in total. The van der Waals surface area contributed by atoms with Gasteiger partial charge in [0.15, 0.2) is 0 Å². The van der Waals surface area contributed by atoms with Crippen LogP contribution < -0.4 is 11.1 Å². The summed E-state index contributed by atoms with van der Waals surface area (Å²) in [5, 5.41) is 2.51. The number of halogens is 2. The van der Waals surface area contributed by atoms with Crippen LogP contribution in [-0.2, 0) is 4.79 Å². The maximum Gasteiger partial charge on any atom is 0.231 e. The largest absolute Gasteiger partial charge is 0.329 e. The number of nitrogens with two attached hydrogens (primary N) is 1. The molecule has 1 rings (SSSR count). The molecule has 0 unspecified atom stereocenters. The van der Waals surface area contributed by atoms with Crippen molar-refractivity contribution in [2.45, 2.75) is 46.5 Å². The van der Waals surface area contributed by atoms with Crippen molar-refractivity contribution in [1.29, 1.82) is 0 Å². The minimum Gasteiger partial charge on any atom is -0.329 e. The van der Waals surface area contributed by atoms with Crippen molar-refractivity contribution in [1.82, 2.24) is 0 Å². The van der Waals surface area contributed by atoms with Crippen LogP contribution in [0.3, 0.4) is 0 Å². The van der Waals surface area contributed by atoms with Gasteiger partial charge in [0.1, 0.15) is 11.6 Å². The fraction of sp³-hybridized carbons (Fsp3) is 0.562. The predicted octanol–water partition coefficient (Wildman–Crippen LogP) is 3.76. The molecule has 0 saturated carbocycles. The number of nitrogens with one attached hydrogen (secondary N) is 1. The number of carbonyl (C=O) groups is 1. The first-order valence-electron chi connectivity index (χ1n) is 7.37. The molecule has 118 valence electrons. The van der Waals surface area contributed by atoms with Gasteiger partial charge in [0.2, 0.25) is 5.91 Å². The molecule has 1 amide bonds. The second-order valence-electron chi connectivity index (χ2n) is 5.52. The number of hydrogen-bond donors (Lipinski definition) is 2. The fourth-order valence-corrected chi connectivity index (χ4v) is 2.60. The molecule has 5 heteroatoms. The molecule has 3 nitrogen and oxygen atoms in total. The Balaban J connectivity index is 3.04. The van der Waals surface area contributed by atoms with E-state index in [0.717, 1.165) is 25.0 Å². The monoisotopic (exact) mass is 298 g/mol. The van der Waals surface area contributed by atoms with Gasteiger partial charge < -0.3 is 11.1 Å². The average molecular weight is 298 g/mol.